The topological polar surface area (TPSA) is 145 Å². The van der Waals surface area contributed by atoms with Gasteiger partial charge in [-0.15, -0.1) is 0 Å². The van der Waals surface area contributed by atoms with Crippen LogP contribution in [0.5, 0.6) is 0 Å². The third-order valence-electron chi connectivity index (χ3n) is 8.03. The summed E-state index contributed by atoms with van der Waals surface area (Å²) >= 11 is 0. The maximum absolute atomic E-state index is 13.8. The van der Waals surface area contributed by atoms with Crippen LogP contribution in [0.15, 0.2) is 0 Å². The van der Waals surface area contributed by atoms with Gasteiger partial charge in [0.2, 0.25) is 23.5 Å². The van der Waals surface area contributed by atoms with E-state index in [1.165, 1.54) is 4.90 Å². The Hall–Kier alpha value is -2.79. The van der Waals surface area contributed by atoms with Crippen molar-refractivity contribution in [3.05, 3.63) is 0 Å². The van der Waals surface area contributed by atoms with Crippen LogP contribution < -0.4 is 16.0 Å². The van der Waals surface area contributed by atoms with Crippen molar-refractivity contribution in [3.8, 4) is 0 Å². The molecule has 0 aromatic carbocycles. The van der Waals surface area contributed by atoms with Crippen LogP contribution >= 0.6 is 0 Å². The number of alkyl halides is 2. The fourth-order valence-electron chi connectivity index (χ4n) is 5.70. The third-order valence-corrected chi connectivity index (χ3v) is 8.03. The summed E-state index contributed by atoms with van der Waals surface area (Å²) in [4.78, 5) is 65.7. The number of halogens is 2. The van der Waals surface area contributed by atoms with Crippen LogP contribution in [0.1, 0.15) is 91.9 Å². The smallest absolute Gasteiger partial charge is 0.405 e. The van der Waals surface area contributed by atoms with Gasteiger partial charge in [-0.1, -0.05) is 40.0 Å². The number of hydrogen-bond donors (Lipinski definition) is 4. The molecule has 4 amide bonds. The highest BCUT2D eigenvalue weighted by molar-refractivity contribution is 6.38. The molecule has 0 aromatic rings. The Kier molecular flexibility index (Phi) is 9.27. The molecule has 1 heterocycles. The van der Waals surface area contributed by atoms with Gasteiger partial charge in [0.15, 0.2) is 0 Å². The first-order valence-electron chi connectivity index (χ1n) is 13.8. The average molecular weight is 557 g/mol. The Balaban J connectivity index is 1.86. The van der Waals surface area contributed by atoms with E-state index in [2.05, 4.69) is 16.0 Å². The molecule has 12 heteroatoms. The molecule has 220 valence electrons. The lowest BCUT2D eigenvalue weighted by Crippen LogP contribution is -2.59. The van der Waals surface area contributed by atoms with Crippen molar-refractivity contribution in [2.24, 2.45) is 10.8 Å². The normalized spacial score (nSPS) is 22.6. The van der Waals surface area contributed by atoms with E-state index in [0.717, 1.165) is 44.9 Å². The Morgan fingerprint density at radius 2 is 1.62 bits per heavy atom. The Morgan fingerprint density at radius 1 is 1.00 bits per heavy atom. The zero-order chi connectivity index (χ0) is 29.2. The molecule has 3 aliphatic rings. The predicted molar refractivity (Wildman–Crippen MR) is 138 cm³/mol. The number of Topliss-reactive ketones (excluding diaryl/α,β-unsaturated/α-hetero) is 1. The minimum absolute atomic E-state index is 0.129. The lowest BCUT2D eigenvalue weighted by Gasteiger charge is -2.36. The highest BCUT2D eigenvalue weighted by Crippen LogP contribution is 2.47. The molecular formula is C27H42F2N4O6. The number of carboxylic acid groups (broad SMARTS) is 1. The average Bonchev–Trinajstić information content (AvgIpc) is 3.57. The van der Waals surface area contributed by atoms with Crippen molar-refractivity contribution < 1.29 is 37.9 Å². The summed E-state index contributed by atoms with van der Waals surface area (Å²) in [5.41, 5.74) is -1.13. The minimum atomic E-state index is -3.11. The predicted octanol–water partition coefficient (Wildman–Crippen LogP) is 2.99. The van der Waals surface area contributed by atoms with Gasteiger partial charge in [0.1, 0.15) is 12.1 Å². The molecule has 3 rings (SSSR count). The van der Waals surface area contributed by atoms with Crippen molar-refractivity contribution in [2.45, 2.75) is 122 Å². The van der Waals surface area contributed by atoms with Gasteiger partial charge < -0.3 is 26.0 Å². The van der Waals surface area contributed by atoms with Crippen LogP contribution in [0.2, 0.25) is 0 Å². The first-order chi connectivity index (χ1) is 18.0. The second-order valence-corrected chi connectivity index (χ2v) is 12.8. The zero-order valence-corrected chi connectivity index (χ0v) is 23.3. The quantitative estimate of drug-likeness (QED) is 0.305. The molecule has 3 atom stereocenters. The molecule has 10 nitrogen and oxygen atoms in total. The van der Waals surface area contributed by atoms with E-state index in [9.17, 15) is 37.9 Å². The summed E-state index contributed by atoms with van der Waals surface area (Å²) in [5, 5.41) is 16.7. The van der Waals surface area contributed by atoms with E-state index >= 15 is 0 Å². The van der Waals surface area contributed by atoms with Gasteiger partial charge in [0, 0.05) is 19.0 Å². The largest absolute Gasteiger partial charge is 0.465 e. The van der Waals surface area contributed by atoms with E-state index in [1.54, 1.807) is 20.8 Å². The van der Waals surface area contributed by atoms with Crippen LogP contribution in [0, 0.1) is 10.8 Å². The molecule has 0 bridgehead atoms. The number of likely N-dealkylation sites (tertiary alicyclic amines) is 1. The number of rotatable bonds is 10. The van der Waals surface area contributed by atoms with Crippen molar-refractivity contribution in [2.75, 3.05) is 6.54 Å². The van der Waals surface area contributed by atoms with Gasteiger partial charge in [-0.05, 0) is 56.3 Å². The SMILES string of the molecule is CC(F)(F)CCC(NC(=O)[C@@H]1CC2(CCCCC2)CN1C(=O)C(NC(=O)O)C(C)(C)C)C(=O)C(=O)NC1CC1. The molecule has 2 saturated carbocycles. The van der Waals surface area contributed by atoms with E-state index < -0.39 is 71.9 Å². The Labute approximate surface area is 228 Å². The fourth-order valence-corrected chi connectivity index (χ4v) is 5.70. The van der Waals surface area contributed by atoms with Crippen LogP contribution in [-0.4, -0.2) is 76.2 Å². The molecule has 4 N–H and O–H groups in total. The first kappa shape index (κ1) is 30.7. The summed E-state index contributed by atoms with van der Waals surface area (Å²) < 4.78 is 27.4. The van der Waals surface area contributed by atoms with Gasteiger partial charge in [-0.3, -0.25) is 19.2 Å². The minimum Gasteiger partial charge on any atom is -0.465 e. The molecule has 0 radical (unpaired) electrons. The Morgan fingerprint density at radius 3 is 2.13 bits per heavy atom. The summed E-state index contributed by atoms with van der Waals surface area (Å²) in [7, 11) is 0. The Bertz CT molecular complexity index is 966. The summed E-state index contributed by atoms with van der Waals surface area (Å²) in [6.07, 6.45) is 3.72. The first-order valence-corrected chi connectivity index (χ1v) is 13.8. The summed E-state index contributed by atoms with van der Waals surface area (Å²) in [6.45, 7) is 6.10. The number of amides is 4. The molecule has 0 aromatic heterocycles. The number of nitrogens with zero attached hydrogens (tertiary/aromatic N) is 1. The van der Waals surface area contributed by atoms with E-state index in [1.807, 2.05) is 0 Å². The summed E-state index contributed by atoms with van der Waals surface area (Å²) in [5.74, 6) is -6.29. The van der Waals surface area contributed by atoms with Gasteiger partial charge in [0.05, 0.1) is 6.04 Å². The second kappa shape index (κ2) is 11.8. The highest BCUT2D eigenvalue weighted by atomic mass is 19.3. The lowest BCUT2D eigenvalue weighted by atomic mass is 9.72. The van der Waals surface area contributed by atoms with Crippen LogP contribution in [-0.2, 0) is 19.2 Å². The van der Waals surface area contributed by atoms with Gasteiger partial charge in [0.25, 0.3) is 5.91 Å². The second-order valence-electron chi connectivity index (χ2n) is 12.8. The van der Waals surface area contributed by atoms with E-state index in [-0.39, 0.29) is 18.0 Å². The highest BCUT2D eigenvalue weighted by Gasteiger charge is 2.51. The maximum Gasteiger partial charge on any atom is 0.405 e. The summed E-state index contributed by atoms with van der Waals surface area (Å²) in [6, 6.07) is -3.77. The number of carbonyl (C=O) groups excluding carboxylic acids is 4. The lowest BCUT2D eigenvalue weighted by molar-refractivity contribution is -0.144. The number of hydrogen-bond acceptors (Lipinski definition) is 5. The number of ketones is 1. The number of nitrogens with one attached hydrogen (secondary N) is 3. The van der Waals surface area contributed by atoms with Crippen LogP contribution in [0.3, 0.4) is 0 Å². The maximum atomic E-state index is 13.8. The van der Waals surface area contributed by atoms with E-state index in [4.69, 9.17) is 0 Å². The molecule has 2 unspecified atom stereocenters. The van der Waals surface area contributed by atoms with Crippen LogP contribution in [0.4, 0.5) is 13.6 Å². The van der Waals surface area contributed by atoms with Crippen LogP contribution in [0.25, 0.3) is 0 Å². The standard InChI is InChI=1S/C27H42F2N4O6/c1-25(2,3)20(32-24(38)39)23(37)33-15-27(11-6-5-7-12-27)14-18(33)21(35)31-17(10-13-26(4,28)29)19(34)22(36)30-16-8-9-16/h16-18,20,32H,5-15H2,1-4H3,(H,30,36)(H,31,35)(H,38,39)/t17?,18-,20?/m0/s1. The van der Waals surface area contributed by atoms with Crippen molar-refractivity contribution >= 4 is 29.6 Å². The third kappa shape index (κ3) is 8.35. The van der Waals surface area contributed by atoms with E-state index in [0.29, 0.717) is 13.3 Å². The molecule has 1 spiro atoms. The molecular weight excluding hydrogens is 514 g/mol. The fraction of sp³-hybridized carbons (Fsp3) is 0.815. The molecule has 39 heavy (non-hydrogen) atoms. The number of carbonyl (C=O) groups is 5. The monoisotopic (exact) mass is 556 g/mol. The van der Waals surface area contributed by atoms with Gasteiger partial charge in [-0.25, -0.2) is 13.6 Å². The van der Waals surface area contributed by atoms with Crippen molar-refractivity contribution in [1.82, 2.24) is 20.9 Å². The van der Waals surface area contributed by atoms with Crippen molar-refractivity contribution in [3.63, 3.8) is 0 Å². The van der Waals surface area contributed by atoms with Gasteiger partial charge >= 0.3 is 6.09 Å². The van der Waals surface area contributed by atoms with Gasteiger partial charge in [-0.2, -0.15) is 0 Å². The molecule has 3 fully saturated rings. The molecule has 1 saturated heterocycles. The zero-order valence-electron chi connectivity index (χ0n) is 23.3. The van der Waals surface area contributed by atoms with Crippen molar-refractivity contribution in [1.29, 1.82) is 0 Å². The molecule has 2 aliphatic carbocycles. The molecule has 1 aliphatic heterocycles.